The van der Waals surface area contributed by atoms with Crippen molar-refractivity contribution in [2.75, 3.05) is 9.80 Å². The Kier molecular flexibility index (Phi) is 4.46. The van der Waals surface area contributed by atoms with Gasteiger partial charge in [-0.25, -0.2) is 0 Å². The minimum absolute atomic E-state index is 0.250. The number of benzene rings is 2. The number of hydrogen-bond donors (Lipinski definition) is 0. The predicted octanol–water partition coefficient (Wildman–Crippen LogP) is 8.49. The number of pyridine rings is 4. The van der Waals surface area contributed by atoms with E-state index in [0.29, 0.717) is 0 Å². The molecule has 0 unspecified atom stereocenters. The standard InChI is InChI=1S/C39H30N6/c1-37(2)23-7-5-9-25-35(23)44(31-11-15-40-19-27(31)37)33-13-17-42-21-29(33)39(25)26-10-6-8-24-36(26)45(34-14-18-43-22-30(34)39)32-12-16-41-20-28(32)38(24,3)4/h5-22H,1-4H3. The number of anilines is 6. The number of rotatable bonds is 0. The number of hydrogen-bond acceptors (Lipinski definition) is 6. The van der Waals surface area contributed by atoms with Crippen LogP contribution < -0.4 is 9.80 Å². The molecule has 0 amide bonds. The second-order valence-electron chi connectivity index (χ2n) is 13.6. The molecule has 0 fully saturated rings. The molecule has 10 rings (SSSR count). The fourth-order valence-electron chi connectivity index (χ4n) is 8.95. The van der Waals surface area contributed by atoms with Gasteiger partial charge in [0.2, 0.25) is 0 Å². The summed E-state index contributed by atoms with van der Waals surface area (Å²) in [4.78, 5) is 23.7. The monoisotopic (exact) mass is 582 g/mol. The molecule has 8 heterocycles. The molecule has 1 spiro atoms. The van der Waals surface area contributed by atoms with Crippen molar-refractivity contribution in [1.29, 1.82) is 0 Å². The van der Waals surface area contributed by atoms with Crippen LogP contribution in [0.3, 0.4) is 0 Å². The van der Waals surface area contributed by atoms with E-state index in [9.17, 15) is 0 Å². The molecule has 2 aromatic carbocycles. The maximum absolute atomic E-state index is 4.82. The lowest BCUT2D eigenvalue weighted by molar-refractivity contribution is 0.606. The van der Waals surface area contributed by atoms with E-state index in [1.165, 1.54) is 56.1 Å². The van der Waals surface area contributed by atoms with Crippen LogP contribution in [0.1, 0.15) is 72.2 Å². The van der Waals surface area contributed by atoms with Gasteiger partial charge in [-0.05, 0) is 46.5 Å². The van der Waals surface area contributed by atoms with Crippen LogP contribution in [0.2, 0.25) is 0 Å². The maximum atomic E-state index is 4.82. The van der Waals surface area contributed by atoms with Gasteiger partial charge in [0.05, 0.1) is 39.5 Å². The summed E-state index contributed by atoms with van der Waals surface area (Å²) in [5.41, 5.74) is 15.7. The number of para-hydroxylation sites is 2. The fraction of sp³-hybridized carbons (Fsp3) is 0.179. The highest BCUT2D eigenvalue weighted by Gasteiger charge is 2.56. The lowest BCUT2D eigenvalue weighted by Crippen LogP contribution is -2.46. The molecule has 6 heteroatoms. The Labute approximate surface area is 262 Å². The molecule has 0 saturated heterocycles. The van der Waals surface area contributed by atoms with Crippen molar-refractivity contribution < 1.29 is 0 Å². The Morgan fingerprint density at radius 1 is 0.400 bits per heavy atom. The number of fused-ring (bicyclic) bond motifs is 12. The summed E-state index contributed by atoms with van der Waals surface area (Å²) in [6.45, 7) is 9.30. The fourth-order valence-corrected chi connectivity index (χ4v) is 8.95. The van der Waals surface area contributed by atoms with Gasteiger partial charge < -0.3 is 9.80 Å². The first kappa shape index (κ1) is 25.0. The molecule has 0 bridgehead atoms. The molecule has 0 aliphatic carbocycles. The smallest absolute Gasteiger partial charge is 0.0813 e. The summed E-state index contributed by atoms with van der Waals surface area (Å²) in [5, 5.41) is 0. The first-order valence-corrected chi connectivity index (χ1v) is 15.5. The van der Waals surface area contributed by atoms with Crippen LogP contribution >= 0.6 is 0 Å². The van der Waals surface area contributed by atoms with Gasteiger partial charge in [-0.1, -0.05) is 64.1 Å². The number of nitrogens with zero attached hydrogens (tertiary/aromatic N) is 6. The van der Waals surface area contributed by atoms with E-state index in [1.807, 2.05) is 37.2 Å². The third kappa shape index (κ3) is 2.70. The van der Waals surface area contributed by atoms with Crippen molar-refractivity contribution >= 4 is 34.1 Å². The van der Waals surface area contributed by atoms with Gasteiger partial charge in [-0.2, -0.15) is 0 Å². The zero-order chi connectivity index (χ0) is 30.3. The minimum atomic E-state index is -0.655. The van der Waals surface area contributed by atoms with Crippen molar-refractivity contribution in [3.63, 3.8) is 0 Å². The summed E-state index contributed by atoms with van der Waals surface area (Å²) >= 11 is 0. The van der Waals surface area contributed by atoms with E-state index >= 15 is 0 Å². The molecule has 216 valence electrons. The molecule has 6 nitrogen and oxygen atoms in total. The average molecular weight is 583 g/mol. The highest BCUT2D eigenvalue weighted by Crippen LogP contribution is 2.68. The molecule has 6 aromatic rings. The van der Waals surface area contributed by atoms with E-state index in [2.05, 4.69) is 121 Å². The van der Waals surface area contributed by atoms with Crippen LogP contribution in [0.25, 0.3) is 0 Å². The van der Waals surface area contributed by atoms with Gasteiger partial charge in [0.15, 0.2) is 0 Å². The van der Waals surface area contributed by atoms with E-state index in [-0.39, 0.29) is 10.8 Å². The van der Waals surface area contributed by atoms with Gasteiger partial charge in [0, 0.05) is 82.7 Å². The van der Waals surface area contributed by atoms with Crippen molar-refractivity contribution in [1.82, 2.24) is 19.9 Å². The van der Waals surface area contributed by atoms with Crippen LogP contribution in [0.5, 0.6) is 0 Å². The molecule has 0 N–H and O–H groups in total. The molecule has 0 radical (unpaired) electrons. The molecule has 0 atom stereocenters. The first-order chi connectivity index (χ1) is 21.9. The summed E-state index contributed by atoms with van der Waals surface area (Å²) in [5.74, 6) is 0. The van der Waals surface area contributed by atoms with Gasteiger partial charge in [0.25, 0.3) is 0 Å². The highest BCUT2D eigenvalue weighted by molar-refractivity contribution is 6.00. The molecule has 45 heavy (non-hydrogen) atoms. The SMILES string of the molecule is CC1(C)c2cnccc2N2c3ccncc3C3(c4cnccc4N4c5ccncc5C(C)(C)c5cccc3c54)c3cccc1c32. The topological polar surface area (TPSA) is 58.0 Å². The summed E-state index contributed by atoms with van der Waals surface area (Å²) < 4.78 is 0. The highest BCUT2D eigenvalue weighted by atomic mass is 15.2. The second-order valence-corrected chi connectivity index (χ2v) is 13.6. The van der Waals surface area contributed by atoms with Crippen LogP contribution in [-0.4, -0.2) is 19.9 Å². The normalized spacial score (nSPS) is 17.8. The van der Waals surface area contributed by atoms with Gasteiger partial charge in [-0.3, -0.25) is 19.9 Å². The predicted molar refractivity (Wildman–Crippen MR) is 177 cm³/mol. The summed E-state index contributed by atoms with van der Waals surface area (Å²) in [6.07, 6.45) is 15.9. The number of aromatic nitrogens is 4. The van der Waals surface area contributed by atoms with E-state index in [1.54, 1.807) is 0 Å². The quantitative estimate of drug-likeness (QED) is 0.179. The molecule has 4 aliphatic heterocycles. The maximum Gasteiger partial charge on any atom is 0.0813 e. The molecular weight excluding hydrogens is 552 g/mol. The molecule has 0 saturated carbocycles. The Bertz CT molecular complexity index is 2110. The van der Waals surface area contributed by atoms with Crippen LogP contribution in [-0.2, 0) is 16.2 Å². The minimum Gasteiger partial charge on any atom is -0.309 e. The zero-order valence-corrected chi connectivity index (χ0v) is 25.6. The van der Waals surface area contributed by atoms with E-state index in [4.69, 9.17) is 9.97 Å². The zero-order valence-electron chi connectivity index (χ0n) is 25.6. The summed E-state index contributed by atoms with van der Waals surface area (Å²) in [7, 11) is 0. The first-order valence-electron chi connectivity index (χ1n) is 15.5. The largest absolute Gasteiger partial charge is 0.309 e. The summed E-state index contributed by atoms with van der Waals surface area (Å²) in [6, 6.07) is 22.4. The Balaban J connectivity index is 1.42. The van der Waals surface area contributed by atoms with Crippen molar-refractivity contribution in [2.45, 2.75) is 43.9 Å². The van der Waals surface area contributed by atoms with Gasteiger partial charge in [-0.15, -0.1) is 0 Å². The third-order valence-corrected chi connectivity index (χ3v) is 11.0. The Hall–Kier alpha value is -5.36. The van der Waals surface area contributed by atoms with Crippen LogP contribution in [0.4, 0.5) is 34.1 Å². The Morgan fingerprint density at radius 2 is 0.733 bits per heavy atom. The van der Waals surface area contributed by atoms with Crippen LogP contribution in [0, 0.1) is 0 Å². The van der Waals surface area contributed by atoms with Crippen molar-refractivity contribution in [2.24, 2.45) is 0 Å². The van der Waals surface area contributed by atoms with Gasteiger partial charge >= 0.3 is 0 Å². The average Bonchev–Trinajstić information content (AvgIpc) is 3.07. The van der Waals surface area contributed by atoms with Crippen LogP contribution in [0.15, 0.2) is 110 Å². The van der Waals surface area contributed by atoms with Crippen molar-refractivity contribution in [3.8, 4) is 0 Å². The van der Waals surface area contributed by atoms with Crippen molar-refractivity contribution in [3.05, 3.63) is 155 Å². The lowest BCUT2D eigenvalue weighted by atomic mass is 9.57. The molecular formula is C39H30N6. The third-order valence-electron chi connectivity index (χ3n) is 11.0. The molecule has 4 aromatic heterocycles. The van der Waals surface area contributed by atoms with E-state index < -0.39 is 5.41 Å². The van der Waals surface area contributed by atoms with Gasteiger partial charge in [0.1, 0.15) is 0 Å². The molecule has 4 aliphatic rings. The van der Waals surface area contributed by atoms with E-state index in [0.717, 1.165) is 22.5 Å². The second kappa shape index (κ2) is 8.02. The lowest BCUT2D eigenvalue weighted by Gasteiger charge is -2.55. The Morgan fingerprint density at radius 3 is 1.13 bits per heavy atom.